The zero-order valence-electron chi connectivity index (χ0n) is 10.8. The smallest absolute Gasteiger partial charge is 0.250 e. The summed E-state index contributed by atoms with van der Waals surface area (Å²) in [6, 6.07) is 12.3. The molecule has 1 unspecified atom stereocenters. The summed E-state index contributed by atoms with van der Waals surface area (Å²) in [4.78, 5) is 12.9. The van der Waals surface area contributed by atoms with Gasteiger partial charge in [0.2, 0.25) is 0 Å². The van der Waals surface area contributed by atoms with E-state index in [9.17, 15) is 4.79 Å². The minimum Gasteiger partial charge on any atom is -0.376 e. The van der Waals surface area contributed by atoms with Crippen molar-refractivity contribution in [2.45, 2.75) is 24.4 Å². The first-order valence-electron chi connectivity index (χ1n) is 6.46. The van der Waals surface area contributed by atoms with Gasteiger partial charge in [0.15, 0.2) is 0 Å². The molecule has 0 amide bonds. The van der Waals surface area contributed by atoms with E-state index in [1.807, 2.05) is 30.9 Å². The number of fused-ring (bicyclic) bond motifs is 1. The van der Waals surface area contributed by atoms with Gasteiger partial charge in [-0.15, -0.1) is 11.8 Å². The van der Waals surface area contributed by atoms with Gasteiger partial charge in [-0.25, -0.2) is 0 Å². The molecule has 2 heterocycles. The third-order valence-electron chi connectivity index (χ3n) is 3.36. The van der Waals surface area contributed by atoms with E-state index in [1.54, 1.807) is 10.6 Å². The van der Waals surface area contributed by atoms with Gasteiger partial charge in [-0.1, -0.05) is 18.2 Å². The van der Waals surface area contributed by atoms with Gasteiger partial charge in [0.05, 0.1) is 11.7 Å². The summed E-state index contributed by atoms with van der Waals surface area (Å²) in [6.07, 6.45) is 1.90. The first-order chi connectivity index (χ1) is 9.28. The summed E-state index contributed by atoms with van der Waals surface area (Å²) in [6.45, 7) is 2.68. The van der Waals surface area contributed by atoms with Crippen molar-refractivity contribution in [1.29, 1.82) is 0 Å². The van der Waals surface area contributed by atoms with E-state index in [4.69, 9.17) is 0 Å². The molecule has 0 spiro atoms. The Balaban J connectivity index is 1.85. The largest absolute Gasteiger partial charge is 0.376 e. The molecule has 2 aromatic rings. The van der Waals surface area contributed by atoms with Crippen LogP contribution in [0.25, 0.3) is 0 Å². The zero-order valence-corrected chi connectivity index (χ0v) is 11.6. The number of rotatable bonds is 3. The fourth-order valence-electron chi connectivity index (χ4n) is 2.35. The molecule has 98 valence electrons. The quantitative estimate of drug-likeness (QED) is 0.932. The maximum atomic E-state index is 11.6. The molecule has 0 fully saturated rings. The fraction of sp³-hybridized carbons (Fsp3) is 0.267. The Morgan fingerprint density at radius 2 is 2.16 bits per heavy atom. The maximum Gasteiger partial charge on any atom is 0.250 e. The summed E-state index contributed by atoms with van der Waals surface area (Å²) in [5.41, 5.74) is 2.40. The van der Waals surface area contributed by atoms with Gasteiger partial charge in [-0.05, 0) is 24.6 Å². The molecule has 0 bridgehead atoms. The molecule has 1 N–H and O–H groups in total. The highest BCUT2D eigenvalue weighted by Gasteiger charge is 2.22. The van der Waals surface area contributed by atoms with E-state index < -0.39 is 0 Å². The Morgan fingerprint density at radius 3 is 3.00 bits per heavy atom. The van der Waals surface area contributed by atoms with E-state index in [1.165, 1.54) is 10.5 Å². The molecule has 4 heteroatoms. The second-order valence-electron chi connectivity index (χ2n) is 4.59. The van der Waals surface area contributed by atoms with Gasteiger partial charge in [0, 0.05) is 29.5 Å². The van der Waals surface area contributed by atoms with Crippen molar-refractivity contribution >= 4 is 17.4 Å². The van der Waals surface area contributed by atoms with Gasteiger partial charge in [-0.2, -0.15) is 0 Å². The van der Waals surface area contributed by atoms with Crippen molar-refractivity contribution in [3.63, 3.8) is 0 Å². The van der Waals surface area contributed by atoms with Crippen molar-refractivity contribution in [1.82, 2.24) is 4.57 Å². The Bertz CT molecular complexity index is 651. The van der Waals surface area contributed by atoms with Crippen molar-refractivity contribution in [3.05, 3.63) is 58.5 Å². The predicted octanol–water partition coefficient (Wildman–Crippen LogP) is 3.13. The summed E-state index contributed by atoms with van der Waals surface area (Å²) < 4.78 is 1.72. The lowest BCUT2D eigenvalue weighted by Gasteiger charge is -2.15. The van der Waals surface area contributed by atoms with E-state index >= 15 is 0 Å². The summed E-state index contributed by atoms with van der Waals surface area (Å²) in [5.74, 6) is 1.03. The van der Waals surface area contributed by atoms with Crippen LogP contribution in [-0.2, 0) is 6.54 Å². The van der Waals surface area contributed by atoms with Crippen LogP contribution in [0, 0.1) is 0 Å². The highest BCUT2D eigenvalue weighted by molar-refractivity contribution is 7.99. The van der Waals surface area contributed by atoms with E-state index in [2.05, 4.69) is 29.6 Å². The highest BCUT2D eigenvalue weighted by Crippen LogP contribution is 2.39. The molecule has 1 aliphatic heterocycles. The minimum atomic E-state index is 0.0502. The second-order valence-corrected chi connectivity index (χ2v) is 5.65. The van der Waals surface area contributed by atoms with E-state index in [-0.39, 0.29) is 5.56 Å². The predicted molar refractivity (Wildman–Crippen MR) is 79.9 cm³/mol. The Labute approximate surface area is 116 Å². The molecule has 0 aliphatic carbocycles. The Morgan fingerprint density at radius 1 is 1.32 bits per heavy atom. The van der Waals surface area contributed by atoms with Gasteiger partial charge in [-0.3, -0.25) is 4.79 Å². The highest BCUT2D eigenvalue weighted by atomic mass is 32.2. The number of pyridine rings is 1. The molecule has 1 aliphatic rings. The molecule has 0 saturated heterocycles. The number of nitrogens with zero attached hydrogens (tertiary/aromatic N) is 1. The third kappa shape index (κ3) is 2.40. The molecule has 0 radical (unpaired) electrons. The fourth-order valence-corrected chi connectivity index (χ4v) is 3.51. The summed E-state index contributed by atoms with van der Waals surface area (Å²) >= 11 is 1.88. The SMILES string of the molecule is CCn1cc(NC2CSc3ccccc32)ccc1=O. The number of anilines is 1. The van der Waals surface area contributed by atoms with Crippen LogP contribution in [0.4, 0.5) is 5.69 Å². The maximum absolute atomic E-state index is 11.6. The number of aryl methyl sites for hydroxylation is 1. The molecule has 1 atom stereocenters. The van der Waals surface area contributed by atoms with Gasteiger partial charge < -0.3 is 9.88 Å². The van der Waals surface area contributed by atoms with Crippen LogP contribution < -0.4 is 10.9 Å². The Kier molecular flexibility index (Phi) is 3.34. The van der Waals surface area contributed by atoms with Gasteiger partial charge >= 0.3 is 0 Å². The van der Waals surface area contributed by atoms with Crippen LogP contribution in [0.2, 0.25) is 0 Å². The van der Waals surface area contributed by atoms with Crippen molar-refractivity contribution in [2.75, 3.05) is 11.1 Å². The number of hydrogen-bond donors (Lipinski definition) is 1. The topological polar surface area (TPSA) is 34.0 Å². The second kappa shape index (κ2) is 5.13. The van der Waals surface area contributed by atoms with Crippen LogP contribution in [0.3, 0.4) is 0 Å². The standard InChI is InChI=1S/C15H16N2OS/c1-2-17-9-11(7-8-15(17)18)16-13-10-19-14-6-4-3-5-12(13)14/h3-9,13,16H,2,10H2,1H3. The normalized spacial score (nSPS) is 17.2. The van der Waals surface area contributed by atoms with Crippen LogP contribution in [0.1, 0.15) is 18.5 Å². The summed E-state index contributed by atoms with van der Waals surface area (Å²) in [5, 5.41) is 3.52. The molecule has 3 nitrogen and oxygen atoms in total. The first-order valence-corrected chi connectivity index (χ1v) is 7.45. The van der Waals surface area contributed by atoms with Crippen molar-refractivity contribution in [2.24, 2.45) is 0 Å². The molecule has 19 heavy (non-hydrogen) atoms. The molecule has 0 saturated carbocycles. The molecular formula is C15H16N2OS. The average Bonchev–Trinajstić information content (AvgIpc) is 2.84. The number of hydrogen-bond acceptors (Lipinski definition) is 3. The van der Waals surface area contributed by atoms with Crippen LogP contribution >= 0.6 is 11.8 Å². The minimum absolute atomic E-state index is 0.0502. The molecule has 1 aromatic heterocycles. The molecule has 1 aromatic carbocycles. The van der Waals surface area contributed by atoms with E-state index in [0.717, 1.165) is 11.4 Å². The molecule has 3 rings (SSSR count). The van der Waals surface area contributed by atoms with Gasteiger partial charge in [0.1, 0.15) is 0 Å². The number of aromatic nitrogens is 1. The van der Waals surface area contributed by atoms with Crippen molar-refractivity contribution in [3.8, 4) is 0 Å². The lowest BCUT2D eigenvalue weighted by atomic mass is 10.1. The zero-order chi connectivity index (χ0) is 13.2. The van der Waals surface area contributed by atoms with Crippen LogP contribution in [0.15, 0.2) is 52.3 Å². The Hall–Kier alpha value is -1.68. The third-order valence-corrected chi connectivity index (χ3v) is 4.55. The van der Waals surface area contributed by atoms with Gasteiger partial charge in [0.25, 0.3) is 5.56 Å². The monoisotopic (exact) mass is 272 g/mol. The van der Waals surface area contributed by atoms with E-state index in [0.29, 0.717) is 12.6 Å². The van der Waals surface area contributed by atoms with Crippen molar-refractivity contribution < 1.29 is 0 Å². The first kappa shape index (κ1) is 12.4. The average molecular weight is 272 g/mol. The number of thioether (sulfide) groups is 1. The number of benzene rings is 1. The molecular weight excluding hydrogens is 256 g/mol. The lowest BCUT2D eigenvalue weighted by Crippen LogP contribution is -2.19. The number of nitrogens with one attached hydrogen (secondary N) is 1. The van der Waals surface area contributed by atoms with Crippen LogP contribution in [0.5, 0.6) is 0 Å². The summed E-state index contributed by atoms with van der Waals surface area (Å²) in [7, 11) is 0. The lowest BCUT2D eigenvalue weighted by molar-refractivity contribution is 0.725. The van der Waals surface area contributed by atoms with Crippen LogP contribution in [-0.4, -0.2) is 10.3 Å².